The number of nitrogens with one attached hydrogen (secondary N) is 1. The van der Waals surface area contributed by atoms with Crippen molar-refractivity contribution in [2.45, 2.75) is 72.3 Å². The van der Waals surface area contributed by atoms with Crippen LogP contribution >= 0.6 is 11.3 Å². The Balaban J connectivity index is 2.15. The van der Waals surface area contributed by atoms with Crippen molar-refractivity contribution in [1.82, 2.24) is 10.3 Å². The highest BCUT2D eigenvalue weighted by Crippen LogP contribution is 2.46. The van der Waals surface area contributed by atoms with Gasteiger partial charge in [-0.25, -0.2) is 4.98 Å². The topological polar surface area (TPSA) is 24.9 Å². The van der Waals surface area contributed by atoms with E-state index >= 15 is 0 Å². The van der Waals surface area contributed by atoms with E-state index in [0.29, 0.717) is 5.41 Å². The van der Waals surface area contributed by atoms with Gasteiger partial charge in [0.15, 0.2) is 0 Å². The fraction of sp³-hybridized carbons (Fsp3) is 0.824. The Morgan fingerprint density at radius 1 is 1.35 bits per heavy atom. The predicted octanol–water partition coefficient (Wildman–Crippen LogP) is 4.88. The lowest BCUT2D eigenvalue weighted by molar-refractivity contribution is 0.113. The van der Waals surface area contributed by atoms with Crippen LogP contribution in [0.4, 0.5) is 0 Å². The van der Waals surface area contributed by atoms with Crippen molar-refractivity contribution in [2.24, 2.45) is 11.3 Å². The van der Waals surface area contributed by atoms with Gasteiger partial charge in [0.1, 0.15) is 5.01 Å². The number of nitrogens with zero attached hydrogens (tertiary/aromatic N) is 1. The maximum Gasteiger partial charge on any atom is 0.113 e. The molecule has 1 aliphatic carbocycles. The Labute approximate surface area is 128 Å². The van der Waals surface area contributed by atoms with Crippen molar-refractivity contribution in [1.29, 1.82) is 0 Å². The molecule has 1 aromatic heterocycles. The minimum atomic E-state index is 0.149. The summed E-state index contributed by atoms with van der Waals surface area (Å²) in [7, 11) is 0. The molecule has 1 heterocycles. The highest BCUT2D eigenvalue weighted by molar-refractivity contribution is 7.09. The number of rotatable bonds is 4. The number of aromatic nitrogens is 1. The van der Waals surface area contributed by atoms with Crippen LogP contribution in [0.2, 0.25) is 0 Å². The van der Waals surface area contributed by atoms with Crippen molar-refractivity contribution in [3.63, 3.8) is 0 Å². The van der Waals surface area contributed by atoms with E-state index in [-0.39, 0.29) is 5.54 Å². The second kappa shape index (κ2) is 6.15. The first-order chi connectivity index (χ1) is 9.37. The van der Waals surface area contributed by atoms with Crippen molar-refractivity contribution < 1.29 is 0 Å². The molecule has 0 radical (unpaired) electrons. The zero-order valence-electron chi connectivity index (χ0n) is 13.8. The van der Waals surface area contributed by atoms with Gasteiger partial charge in [0.25, 0.3) is 0 Å². The van der Waals surface area contributed by atoms with Crippen molar-refractivity contribution in [3.8, 4) is 0 Å². The minimum absolute atomic E-state index is 0.149. The van der Waals surface area contributed by atoms with E-state index in [1.165, 1.54) is 42.8 Å². The zero-order chi connectivity index (χ0) is 14.8. The summed E-state index contributed by atoms with van der Waals surface area (Å²) in [4.78, 5) is 4.80. The molecule has 0 aliphatic heterocycles. The van der Waals surface area contributed by atoms with Crippen LogP contribution in [0.25, 0.3) is 0 Å². The molecule has 1 N–H and O–H groups in total. The van der Waals surface area contributed by atoms with Crippen LogP contribution in [-0.2, 0) is 5.54 Å². The van der Waals surface area contributed by atoms with Crippen LogP contribution in [0.1, 0.15) is 70.5 Å². The second-order valence-corrected chi connectivity index (χ2v) is 8.30. The van der Waals surface area contributed by atoms with E-state index in [1.807, 2.05) is 11.3 Å². The van der Waals surface area contributed by atoms with E-state index in [2.05, 4.69) is 45.3 Å². The van der Waals surface area contributed by atoms with E-state index < -0.39 is 0 Å². The lowest BCUT2D eigenvalue weighted by atomic mass is 9.67. The van der Waals surface area contributed by atoms with Crippen LogP contribution in [0.3, 0.4) is 0 Å². The van der Waals surface area contributed by atoms with Gasteiger partial charge < -0.3 is 5.32 Å². The molecule has 1 saturated carbocycles. The summed E-state index contributed by atoms with van der Waals surface area (Å²) in [6.45, 7) is 12.6. The fourth-order valence-corrected chi connectivity index (χ4v) is 4.41. The number of hydrogen-bond donors (Lipinski definition) is 1. The van der Waals surface area contributed by atoms with E-state index in [0.717, 1.165) is 12.5 Å². The molecule has 114 valence electrons. The molecule has 1 fully saturated rings. The van der Waals surface area contributed by atoms with Gasteiger partial charge in [-0.2, -0.15) is 0 Å². The minimum Gasteiger partial charge on any atom is -0.305 e. The molecule has 0 saturated heterocycles. The first kappa shape index (κ1) is 16.0. The normalized spacial score (nSPS) is 27.8. The zero-order valence-corrected chi connectivity index (χ0v) is 14.6. The molecular weight excluding hydrogens is 264 g/mol. The highest BCUT2D eigenvalue weighted by Gasteiger charge is 2.41. The van der Waals surface area contributed by atoms with E-state index in [1.54, 1.807) is 0 Å². The van der Waals surface area contributed by atoms with Gasteiger partial charge in [-0.15, -0.1) is 11.3 Å². The van der Waals surface area contributed by atoms with Crippen LogP contribution in [-0.4, -0.2) is 11.5 Å². The summed E-state index contributed by atoms with van der Waals surface area (Å²) < 4.78 is 0. The average Bonchev–Trinajstić information content (AvgIpc) is 2.83. The largest absolute Gasteiger partial charge is 0.305 e. The van der Waals surface area contributed by atoms with E-state index in [4.69, 9.17) is 4.98 Å². The molecule has 0 aromatic carbocycles. The molecule has 0 spiro atoms. The smallest absolute Gasteiger partial charge is 0.113 e. The molecular formula is C17H30N2S. The van der Waals surface area contributed by atoms with Crippen LogP contribution in [0.5, 0.6) is 0 Å². The summed E-state index contributed by atoms with van der Waals surface area (Å²) in [6, 6.07) is 0. The Morgan fingerprint density at radius 3 is 2.45 bits per heavy atom. The third-order valence-electron chi connectivity index (χ3n) is 4.81. The van der Waals surface area contributed by atoms with Gasteiger partial charge in [-0.05, 0) is 56.9 Å². The molecule has 3 heteroatoms. The molecule has 0 unspecified atom stereocenters. The number of hydrogen-bond acceptors (Lipinski definition) is 3. The van der Waals surface area contributed by atoms with Gasteiger partial charge in [0, 0.05) is 11.1 Å². The third-order valence-corrected chi connectivity index (χ3v) is 5.97. The molecule has 0 amide bonds. The SMILES string of the molecule is CCCNC1(c2nc(C)cs2)CCC(C(C)(C)C)CC1. The lowest BCUT2D eigenvalue weighted by Crippen LogP contribution is -2.46. The summed E-state index contributed by atoms with van der Waals surface area (Å²) >= 11 is 1.84. The van der Waals surface area contributed by atoms with Crippen molar-refractivity contribution in [3.05, 3.63) is 16.1 Å². The van der Waals surface area contributed by atoms with Crippen LogP contribution in [0.15, 0.2) is 5.38 Å². The Hall–Kier alpha value is -0.410. The Kier molecular flexibility index (Phi) is 4.91. The van der Waals surface area contributed by atoms with Gasteiger partial charge in [0.05, 0.1) is 5.54 Å². The van der Waals surface area contributed by atoms with Crippen LogP contribution in [0, 0.1) is 18.3 Å². The van der Waals surface area contributed by atoms with Crippen molar-refractivity contribution >= 4 is 11.3 Å². The standard InChI is InChI=1S/C17H30N2S/c1-6-11-18-17(15-19-13(2)12-20-15)9-7-14(8-10-17)16(3,4)5/h12,14,18H,6-11H2,1-5H3. The molecule has 1 aromatic rings. The molecule has 0 bridgehead atoms. The van der Waals surface area contributed by atoms with Gasteiger partial charge in [-0.3, -0.25) is 0 Å². The van der Waals surface area contributed by atoms with Gasteiger partial charge in [-0.1, -0.05) is 27.7 Å². The summed E-state index contributed by atoms with van der Waals surface area (Å²) in [6.07, 6.45) is 6.30. The second-order valence-electron chi connectivity index (χ2n) is 7.44. The summed E-state index contributed by atoms with van der Waals surface area (Å²) in [5, 5.41) is 7.34. The molecule has 20 heavy (non-hydrogen) atoms. The maximum atomic E-state index is 4.80. The Bertz CT molecular complexity index is 422. The molecule has 2 nitrogen and oxygen atoms in total. The lowest BCUT2D eigenvalue weighted by Gasteiger charge is -2.43. The first-order valence-corrected chi connectivity index (χ1v) is 8.93. The molecule has 1 aliphatic rings. The average molecular weight is 295 g/mol. The first-order valence-electron chi connectivity index (χ1n) is 8.05. The van der Waals surface area contributed by atoms with Crippen molar-refractivity contribution in [2.75, 3.05) is 6.54 Å². The quantitative estimate of drug-likeness (QED) is 0.856. The third kappa shape index (κ3) is 3.43. The fourth-order valence-electron chi connectivity index (χ4n) is 3.38. The monoisotopic (exact) mass is 294 g/mol. The van der Waals surface area contributed by atoms with Gasteiger partial charge in [0.2, 0.25) is 0 Å². The molecule has 0 atom stereocenters. The number of aryl methyl sites for hydroxylation is 1. The van der Waals surface area contributed by atoms with Gasteiger partial charge >= 0.3 is 0 Å². The maximum absolute atomic E-state index is 4.80. The molecule has 2 rings (SSSR count). The Morgan fingerprint density at radius 2 is 2.00 bits per heavy atom. The van der Waals surface area contributed by atoms with Crippen LogP contribution < -0.4 is 5.32 Å². The summed E-state index contributed by atoms with van der Waals surface area (Å²) in [5.41, 5.74) is 1.76. The predicted molar refractivity (Wildman–Crippen MR) is 88.2 cm³/mol. The van der Waals surface area contributed by atoms with E-state index in [9.17, 15) is 0 Å². The number of thiazole rings is 1. The highest BCUT2D eigenvalue weighted by atomic mass is 32.1. The summed E-state index contributed by atoms with van der Waals surface area (Å²) in [5.74, 6) is 0.847.